The summed E-state index contributed by atoms with van der Waals surface area (Å²) in [5.41, 5.74) is 0.241. The average molecular weight is 208 g/mol. The first-order chi connectivity index (χ1) is 7.04. The molecule has 0 fully saturated rings. The monoisotopic (exact) mass is 208 g/mol. The van der Waals surface area contributed by atoms with E-state index in [0.717, 1.165) is 6.92 Å². The zero-order chi connectivity index (χ0) is 11.4. The summed E-state index contributed by atoms with van der Waals surface area (Å²) < 4.78 is 0. The van der Waals surface area contributed by atoms with E-state index < -0.39 is 23.5 Å². The topological polar surface area (TPSA) is 97.2 Å². The maximum absolute atomic E-state index is 11.2. The Morgan fingerprint density at radius 1 is 1.33 bits per heavy atom. The lowest BCUT2D eigenvalue weighted by atomic mass is 9.93. The summed E-state index contributed by atoms with van der Waals surface area (Å²) in [6.45, 7) is 1.16. The largest absolute Gasteiger partial charge is 0.475 e. The summed E-state index contributed by atoms with van der Waals surface area (Å²) in [7, 11) is 0. The Kier molecular flexibility index (Phi) is 3.22. The molecule has 0 amide bonds. The Bertz CT molecular complexity index is 402. The highest BCUT2D eigenvalue weighted by atomic mass is 16.4. The second kappa shape index (κ2) is 4.41. The number of hydrogen-bond donors (Lipinski definition) is 1. The van der Waals surface area contributed by atoms with E-state index in [1.54, 1.807) is 0 Å². The van der Waals surface area contributed by atoms with Crippen molar-refractivity contribution in [2.75, 3.05) is 0 Å². The Balaban J connectivity index is 3.10. The third-order valence-corrected chi connectivity index (χ3v) is 1.82. The second-order valence-corrected chi connectivity index (χ2v) is 2.89. The molecule has 78 valence electrons. The number of Topliss-reactive ketones (excluding diaryl/α,β-unsaturated/α-hetero) is 2. The van der Waals surface area contributed by atoms with Gasteiger partial charge in [0.25, 0.3) is 5.78 Å². The van der Waals surface area contributed by atoms with Gasteiger partial charge >= 0.3 is 5.97 Å². The van der Waals surface area contributed by atoms with Crippen LogP contribution in [0.3, 0.4) is 0 Å². The van der Waals surface area contributed by atoms with Gasteiger partial charge in [0.1, 0.15) is 11.7 Å². The van der Waals surface area contributed by atoms with Crippen LogP contribution in [0.1, 0.15) is 18.4 Å². The lowest BCUT2D eigenvalue weighted by molar-refractivity contribution is -0.151. The number of carbonyl (C=O) groups is 3. The van der Waals surface area contributed by atoms with E-state index in [1.165, 1.54) is 18.5 Å². The zero-order valence-electron chi connectivity index (χ0n) is 7.88. The van der Waals surface area contributed by atoms with Crippen molar-refractivity contribution in [3.8, 4) is 0 Å². The molecule has 1 aromatic heterocycles. The predicted molar refractivity (Wildman–Crippen MR) is 48.1 cm³/mol. The number of nitrogens with zero attached hydrogens (tertiary/aromatic N) is 2. The number of aromatic nitrogens is 2. The van der Waals surface area contributed by atoms with Crippen LogP contribution in [-0.4, -0.2) is 32.8 Å². The number of carboxylic acids is 1. The van der Waals surface area contributed by atoms with Crippen LogP contribution < -0.4 is 0 Å². The van der Waals surface area contributed by atoms with Gasteiger partial charge in [-0.15, -0.1) is 0 Å². The maximum atomic E-state index is 11.2. The minimum Gasteiger partial charge on any atom is -0.475 e. The molecule has 0 aliphatic rings. The number of aliphatic carboxylic acids is 1. The van der Waals surface area contributed by atoms with E-state index in [0.29, 0.717) is 0 Å². The van der Waals surface area contributed by atoms with Crippen molar-refractivity contribution in [1.82, 2.24) is 10.2 Å². The molecule has 0 aliphatic carbocycles. The fourth-order valence-corrected chi connectivity index (χ4v) is 1.17. The number of ketones is 2. The highest BCUT2D eigenvalue weighted by molar-refractivity contribution is 6.39. The summed E-state index contributed by atoms with van der Waals surface area (Å²) in [5.74, 6) is -4.61. The van der Waals surface area contributed by atoms with E-state index in [9.17, 15) is 14.4 Å². The molecule has 0 spiro atoms. The summed E-state index contributed by atoms with van der Waals surface area (Å²) in [5, 5.41) is 15.5. The number of carbonyl (C=O) groups excluding carboxylic acids is 2. The van der Waals surface area contributed by atoms with Crippen LogP contribution >= 0.6 is 0 Å². The molecule has 15 heavy (non-hydrogen) atoms. The van der Waals surface area contributed by atoms with Crippen LogP contribution in [0.4, 0.5) is 0 Å². The van der Waals surface area contributed by atoms with E-state index in [2.05, 4.69) is 10.2 Å². The Hall–Kier alpha value is -2.11. The van der Waals surface area contributed by atoms with Gasteiger partial charge in [0.2, 0.25) is 0 Å². The van der Waals surface area contributed by atoms with Crippen LogP contribution in [0.25, 0.3) is 0 Å². The van der Waals surface area contributed by atoms with Crippen LogP contribution in [0.5, 0.6) is 0 Å². The summed E-state index contributed by atoms with van der Waals surface area (Å²) in [6.07, 6.45) is 2.49. The van der Waals surface area contributed by atoms with Gasteiger partial charge in [-0.1, -0.05) is 0 Å². The quantitative estimate of drug-likeness (QED) is 0.543. The van der Waals surface area contributed by atoms with Crippen molar-refractivity contribution in [3.63, 3.8) is 0 Å². The van der Waals surface area contributed by atoms with E-state index in [1.807, 2.05) is 0 Å². The van der Waals surface area contributed by atoms with Crippen molar-refractivity contribution in [2.45, 2.75) is 12.8 Å². The first-order valence-corrected chi connectivity index (χ1v) is 4.08. The van der Waals surface area contributed by atoms with Crippen LogP contribution in [-0.2, 0) is 14.4 Å². The molecule has 0 aromatic carbocycles. The van der Waals surface area contributed by atoms with Crippen molar-refractivity contribution >= 4 is 17.5 Å². The SMILES string of the molecule is CC(=O)C(C(=O)C(=O)O)c1ccnnc1. The summed E-state index contributed by atoms with van der Waals surface area (Å²) >= 11 is 0. The van der Waals surface area contributed by atoms with Crippen molar-refractivity contribution < 1.29 is 19.5 Å². The van der Waals surface area contributed by atoms with Gasteiger partial charge in [-0.3, -0.25) is 9.59 Å². The van der Waals surface area contributed by atoms with Crippen LogP contribution in [0, 0.1) is 0 Å². The van der Waals surface area contributed by atoms with Gasteiger partial charge in [-0.05, 0) is 18.6 Å². The van der Waals surface area contributed by atoms with E-state index in [4.69, 9.17) is 5.11 Å². The lowest BCUT2D eigenvalue weighted by Crippen LogP contribution is -2.26. The lowest BCUT2D eigenvalue weighted by Gasteiger charge is -2.08. The summed E-state index contributed by atoms with van der Waals surface area (Å²) in [6, 6.07) is 1.39. The molecule has 0 radical (unpaired) electrons. The number of rotatable bonds is 4. The first-order valence-electron chi connectivity index (χ1n) is 4.08. The van der Waals surface area contributed by atoms with Gasteiger partial charge < -0.3 is 5.11 Å². The normalized spacial score (nSPS) is 11.8. The molecule has 1 unspecified atom stereocenters. The van der Waals surface area contributed by atoms with Crippen LogP contribution in [0.2, 0.25) is 0 Å². The molecule has 0 aliphatic heterocycles. The predicted octanol–water partition coefficient (Wildman–Crippen LogP) is -0.197. The molecule has 0 saturated heterocycles. The highest BCUT2D eigenvalue weighted by Crippen LogP contribution is 2.16. The second-order valence-electron chi connectivity index (χ2n) is 2.89. The zero-order valence-corrected chi connectivity index (χ0v) is 7.88. The van der Waals surface area contributed by atoms with Gasteiger partial charge in [0.15, 0.2) is 0 Å². The number of hydrogen-bond acceptors (Lipinski definition) is 5. The van der Waals surface area contributed by atoms with E-state index in [-0.39, 0.29) is 5.56 Å². The van der Waals surface area contributed by atoms with Gasteiger partial charge in [-0.25, -0.2) is 4.79 Å². The minimum absolute atomic E-state index is 0.241. The van der Waals surface area contributed by atoms with Crippen molar-refractivity contribution in [2.24, 2.45) is 0 Å². The van der Waals surface area contributed by atoms with Crippen LogP contribution in [0.15, 0.2) is 18.5 Å². The van der Waals surface area contributed by atoms with Gasteiger partial charge in [0.05, 0.1) is 6.20 Å². The Morgan fingerprint density at radius 3 is 2.40 bits per heavy atom. The molecular formula is C9H8N2O4. The smallest absolute Gasteiger partial charge is 0.373 e. The third kappa shape index (κ3) is 2.43. The average Bonchev–Trinajstić information content (AvgIpc) is 2.18. The van der Waals surface area contributed by atoms with Crippen molar-refractivity contribution in [3.05, 3.63) is 24.0 Å². The molecule has 6 heteroatoms. The van der Waals surface area contributed by atoms with Crippen molar-refractivity contribution in [1.29, 1.82) is 0 Å². The molecule has 6 nitrogen and oxygen atoms in total. The van der Waals surface area contributed by atoms with Gasteiger partial charge in [-0.2, -0.15) is 10.2 Å². The molecular weight excluding hydrogens is 200 g/mol. The van der Waals surface area contributed by atoms with Gasteiger partial charge in [0, 0.05) is 6.20 Å². The fraction of sp³-hybridized carbons (Fsp3) is 0.222. The highest BCUT2D eigenvalue weighted by Gasteiger charge is 2.30. The standard InChI is InChI=1S/C9H8N2O4/c1-5(12)7(8(13)9(14)15)6-2-3-10-11-4-6/h2-4,7H,1H3,(H,14,15). The molecule has 1 atom stereocenters. The summed E-state index contributed by atoms with van der Waals surface area (Å²) in [4.78, 5) is 32.9. The molecule has 1 aromatic rings. The Labute approximate surface area is 84.9 Å². The maximum Gasteiger partial charge on any atom is 0.373 e. The fourth-order valence-electron chi connectivity index (χ4n) is 1.17. The number of carboxylic acid groups (broad SMARTS) is 1. The minimum atomic E-state index is -1.63. The Morgan fingerprint density at radius 2 is 2.00 bits per heavy atom. The molecule has 1 N–H and O–H groups in total. The molecule has 0 saturated carbocycles. The molecule has 1 rings (SSSR count). The third-order valence-electron chi connectivity index (χ3n) is 1.82. The molecule has 1 heterocycles. The van der Waals surface area contributed by atoms with E-state index >= 15 is 0 Å². The molecule has 0 bridgehead atoms. The first kappa shape index (κ1) is 11.0.